The molecule has 0 aliphatic heterocycles. The summed E-state index contributed by atoms with van der Waals surface area (Å²) in [5.41, 5.74) is 7.80. The normalized spacial score (nSPS) is 10.3. The second kappa shape index (κ2) is 4.19. The number of imidazole rings is 1. The molecule has 4 heteroatoms. The van der Waals surface area contributed by atoms with Gasteiger partial charge in [0.25, 0.3) is 0 Å². The maximum Gasteiger partial charge on any atom is 0.165 e. The molecule has 14 heavy (non-hydrogen) atoms. The minimum absolute atomic E-state index is 0.839. The summed E-state index contributed by atoms with van der Waals surface area (Å²) in [4.78, 5) is 7.17. The number of para-hydroxylation sites is 1. The zero-order valence-corrected chi connectivity index (χ0v) is 8.42. The van der Waals surface area contributed by atoms with Gasteiger partial charge >= 0.3 is 0 Å². The molecule has 0 saturated heterocycles. The topological polar surface area (TPSA) is 54.7 Å². The number of aromatic amines is 1. The molecule has 2 rings (SSSR count). The largest absolute Gasteiger partial charge is 0.398 e. The van der Waals surface area contributed by atoms with E-state index in [-0.39, 0.29) is 0 Å². The van der Waals surface area contributed by atoms with E-state index in [0.29, 0.717) is 0 Å². The third kappa shape index (κ3) is 2.09. The lowest BCUT2D eigenvalue weighted by Gasteiger charge is -2.02. The minimum atomic E-state index is 0.839. The lowest BCUT2D eigenvalue weighted by molar-refractivity contribution is 1.06. The van der Waals surface area contributed by atoms with E-state index in [2.05, 4.69) is 9.97 Å². The Morgan fingerprint density at radius 1 is 1.36 bits per heavy atom. The molecule has 1 heterocycles. The van der Waals surface area contributed by atoms with Gasteiger partial charge in [-0.05, 0) is 11.6 Å². The van der Waals surface area contributed by atoms with Crippen LogP contribution in [0.3, 0.4) is 0 Å². The standard InChI is InChI=1S/C10H11N3S/c11-9-4-2-1-3-8(9)7-14-10-12-5-6-13-10/h1-6H,7,11H2,(H,12,13). The summed E-state index contributed by atoms with van der Waals surface area (Å²) in [6, 6.07) is 7.88. The Labute approximate surface area is 86.7 Å². The lowest BCUT2D eigenvalue weighted by atomic mass is 10.2. The van der Waals surface area contributed by atoms with E-state index in [1.54, 1.807) is 18.0 Å². The summed E-state index contributed by atoms with van der Waals surface area (Å²) >= 11 is 1.65. The minimum Gasteiger partial charge on any atom is -0.398 e. The van der Waals surface area contributed by atoms with Gasteiger partial charge in [0.05, 0.1) is 0 Å². The third-order valence-electron chi connectivity index (χ3n) is 1.89. The van der Waals surface area contributed by atoms with E-state index in [1.165, 1.54) is 0 Å². The Balaban J connectivity index is 2.02. The van der Waals surface area contributed by atoms with Crippen molar-refractivity contribution in [3.8, 4) is 0 Å². The fourth-order valence-corrected chi connectivity index (χ4v) is 1.98. The molecular weight excluding hydrogens is 194 g/mol. The first kappa shape index (κ1) is 9.15. The number of aromatic nitrogens is 2. The van der Waals surface area contributed by atoms with Crippen LogP contribution in [0.5, 0.6) is 0 Å². The number of hydrogen-bond donors (Lipinski definition) is 2. The van der Waals surface area contributed by atoms with Gasteiger partial charge in [0.2, 0.25) is 0 Å². The monoisotopic (exact) mass is 205 g/mol. The van der Waals surface area contributed by atoms with Crippen LogP contribution in [-0.4, -0.2) is 9.97 Å². The highest BCUT2D eigenvalue weighted by Gasteiger charge is 2.00. The van der Waals surface area contributed by atoms with Gasteiger partial charge in [0.15, 0.2) is 5.16 Å². The van der Waals surface area contributed by atoms with Crippen molar-refractivity contribution in [2.75, 3.05) is 5.73 Å². The maximum absolute atomic E-state index is 5.82. The van der Waals surface area contributed by atoms with Crippen LogP contribution in [0, 0.1) is 0 Å². The van der Waals surface area contributed by atoms with Crippen molar-refractivity contribution >= 4 is 17.4 Å². The molecule has 0 spiro atoms. The Kier molecular flexibility index (Phi) is 2.74. The molecule has 0 radical (unpaired) electrons. The highest BCUT2D eigenvalue weighted by Crippen LogP contribution is 2.22. The molecule has 0 amide bonds. The van der Waals surface area contributed by atoms with Gasteiger partial charge in [-0.1, -0.05) is 30.0 Å². The van der Waals surface area contributed by atoms with Crippen molar-refractivity contribution in [3.63, 3.8) is 0 Å². The Hall–Kier alpha value is -1.42. The number of nitrogens with one attached hydrogen (secondary N) is 1. The van der Waals surface area contributed by atoms with Crippen LogP contribution in [0.25, 0.3) is 0 Å². The van der Waals surface area contributed by atoms with Crippen LogP contribution in [-0.2, 0) is 5.75 Å². The number of benzene rings is 1. The van der Waals surface area contributed by atoms with Crippen LogP contribution in [0.15, 0.2) is 41.8 Å². The Morgan fingerprint density at radius 3 is 2.93 bits per heavy atom. The molecule has 0 bridgehead atoms. The molecule has 0 saturated carbocycles. The maximum atomic E-state index is 5.82. The molecule has 3 nitrogen and oxygen atoms in total. The fourth-order valence-electron chi connectivity index (χ4n) is 1.14. The summed E-state index contributed by atoms with van der Waals surface area (Å²) in [5, 5.41) is 0.924. The Morgan fingerprint density at radius 2 is 2.21 bits per heavy atom. The average Bonchev–Trinajstić information content (AvgIpc) is 2.69. The summed E-state index contributed by atoms with van der Waals surface area (Å²) in [7, 11) is 0. The molecular formula is C10H11N3S. The van der Waals surface area contributed by atoms with E-state index in [4.69, 9.17) is 5.73 Å². The molecule has 2 aromatic rings. The first-order valence-corrected chi connectivity index (χ1v) is 5.30. The van der Waals surface area contributed by atoms with Crippen molar-refractivity contribution < 1.29 is 0 Å². The van der Waals surface area contributed by atoms with Crippen LogP contribution in [0.4, 0.5) is 5.69 Å². The number of nitrogens with zero attached hydrogens (tertiary/aromatic N) is 1. The SMILES string of the molecule is Nc1ccccc1CSc1ncc[nH]1. The van der Waals surface area contributed by atoms with Gasteiger partial charge in [-0.25, -0.2) is 4.98 Å². The number of anilines is 1. The predicted octanol–water partition coefficient (Wildman–Crippen LogP) is 2.28. The highest BCUT2D eigenvalue weighted by molar-refractivity contribution is 7.98. The molecule has 0 aliphatic rings. The molecule has 0 unspecified atom stereocenters. The molecule has 0 aliphatic carbocycles. The van der Waals surface area contributed by atoms with Crippen molar-refractivity contribution in [2.45, 2.75) is 10.9 Å². The quantitative estimate of drug-likeness (QED) is 0.597. The first-order valence-electron chi connectivity index (χ1n) is 4.32. The van der Waals surface area contributed by atoms with Gasteiger partial charge in [0.1, 0.15) is 0 Å². The molecule has 0 atom stereocenters. The average molecular weight is 205 g/mol. The first-order chi connectivity index (χ1) is 6.86. The van der Waals surface area contributed by atoms with Gasteiger partial charge < -0.3 is 10.7 Å². The zero-order valence-electron chi connectivity index (χ0n) is 7.60. The summed E-state index contributed by atoms with van der Waals surface area (Å²) in [5.74, 6) is 0.847. The lowest BCUT2D eigenvalue weighted by Crippen LogP contribution is -1.91. The van der Waals surface area contributed by atoms with Crippen molar-refractivity contribution in [1.82, 2.24) is 9.97 Å². The van der Waals surface area contributed by atoms with Crippen molar-refractivity contribution in [1.29, 1.82) is 0 Å². The van der Waals surface area contributed by atoms with E-state index >= 15 is 0 Å². The van der Waals surface area contributed by atoms with Gasteiger partial charge in [-0.2, -0.15) is 0 Å². The second-order valence-corrected chi connectivity index (χ2v) is 3.85. The smallest absolute Gasteiger partial charge is 0.165 e. The molecule has 72 valence electrons. The van der Waals surface area contributed by atoms with E-state index in [9.17, 15) is 0 Å². The van der Waals surface area contributed by atoms with E-state index in [0.717, 1.165) is 22.2 Å². The van der Waals surface area contributed by atoms with Gasteiger partial charge in [0, 0.05) is 23.8 Å². The molecule has 1 aromatic carbocycles. The Bertz CT molecular complexity index is 398. The number of hydrogen-bond acceptors (Lipinski definition) is 3. The molecule has 3 N–H and O–H groups in total. The van der Waals surface area contributed by atoms with Crippen molar-refractivity contribution in [3.05, 3.63) is 42.2 Å². The predicted molar refractivity (Wildman–Crippen MR) is 59.0 cm³/mol. The van der Waals surface area contributed by atoms with E-state index < -0.39 is 0 Å². The number of nitrogen functional groups attached to an aromatic ring is 1. The highest BCUT2D eigenvalue weighted by atomic mass is 32.2. The van der Waals surface area contributed by atoms with Gasteiger partial charge in [-0.3, -0.25) is 0 Å². The fraction of sp³-hybridized carbons (Fsp3) is 0.100. The zero-order chi connectivity index (χ0) is 9.80. The molecule has 0 fully saturated rings. The van der Waals surface area contributed by atoms with Crippen LogP contribution in [0.2, 0.25) is 0 Å². The summed E-state index contributed by atoms with van der Waals surface area (Å²) < 4.78 is 0. The third-order valence-corrected chi connectivity index (χ3v) is 2.84. The number of H-pyrrole nitrogens is 1. The van der Waals surface area contributed by atoms with Crippen LogP contribution >= 0.6 is 11.8 Å². The van der Waals surface area contributed by atoms with Gasteiger partial charge in [-0.15, -0.1) is 0 Å². The summed E-state index contributed by atoms with van der Waals surface area (Å²) in [6.07, 6.45) is 3.56. The second-order valence-electron chi connectivity index (χ2n) is 2.88. The number of thioether (sulfide) groups is 1. The molecule has 1 aromatic heterocycles. The number of rotatable bonds is 3. The van der Waals surface area contributed by atoms with E-state index in [1.807, 2.05) is 30.5 Å². The summed E-state index contributed by atoms with van der Waals surface area (Å²) in [6.45, 7) is 0. The van der Waals surface area contributed by atoms with Crippen LogP contribution < -0.4 is 5.73 Å². The van der Waals surface area contributed by atoms with Crippen LogP contribution in [0.1, 0.15) is 5.56 Å². The van der Waals surface area contributed by atoms with Crippen molar-refractivity contribution in [2.24, 2.45) is 0 Å². The number of nitrogens with two attached hydrogens (primary N) is 1.